The Labute approximate surface area is 133 Å². The zero-order valence-electron chi connectivity index (χ0n) is 13.1. The lowest BCUT2D eigenvalue weighted by atomic mass is 10.1. The van der Waals surface area contributed by atoms with Gasteiger partial charge in [0.05, 0.1) is 17.9 Å². The summed E-state index contributed by atoms with van der Waals surface area (Å²) in [4.78, 5) is 15.5. The van der Waals surface area contributed by atoms with Crippen LogP contribution in [0.5, 0.6) is 0 Å². The summed E-state index contributed by atoms with van der Waals surface area (Å²) in [5.41, 5.74) is -0.0485. The highest BCUT2D eigenvalue weighted by molar-refractivity contribution is 5.95. The lowest BCUT2D eigenvalue weighted by Gasteiger charge is -2.33. The molecule has 0 bridgehead atoms. The Hall–Kier alpha value is -2.02. The number of benzene rings is 1. The Balaban J connectivity index is 2.43. The third kappa shape index (κ3) is 4.04. The molecule has 0 atom stereocenters. The number of hydrogen-bond donors (Lipinski definition) is 0. The van der Waals surface area contributed by atoms with Gasteiger partial charge in [-0.2, -0.15) is 13.2 Å². The zero-order chi connectivity index (χ0) is 17.0. The fourth-order valence-electron chi connectivity index (χ4n) is 2.35. The fraction of sp³-hybridized carbons (Fsp3) is 0.438. The quantitative estimate of drug-likeness (QED) is 0.831. The van der Waals surface area contributed by atoms with E-state index >= 15 is 0 Å². The van der Waals surface area contributed by atoms with Crippen molar-refractivity contribution in [3.05, 3.63) is 41.6 Å². The van der Waals surface area contributed by atoms with Gasteiger partial charge in [-0.3, -0.25) is 4.90 Å². The predicted molar refractivity (Wildman–Crippen MR) is 80.9 cm³/mol. The molecule has 0 fully saturated rings. The number of halogens is 3. The number of anilines is 1. The highest BCUT2D eigenvalue weighted by Crippen LogP contribution is 2.33. The number of amides is 2. The van der Waals surface area contributed by atoms with Crippen LogP contribution in [0.1, 0.15) is 25.8 Å². The van der Waals surface area contributed by atoms with Crippen LogP contribution < -0.4 is 4.90 Å². The van der Waals surface area contributed by atoms with Crippen molar-refractivity contribution in [3.63, 3.8) is 0 Å². The van der Waals surface area contributed by atoms with E-state index in [1.165, 1.54) is 21.9 Å². The molecule has 0 saturated carbocycles. The molecule has 4 nitrogen and oxygen atoms in total. The first-order chi connectivity index (χ1) is 10.8. The zero-order valence-corrected chi connectivity index (χ0v) is 13.1. The summed E-state index contributed by atoms with van der Waals surface area (Å²) in [6.45, 7) is 4.49. The average molecular weight is 328 g/mol. The van der Waals surface area contributed by atoms with Crippen LogP contribution in [0.4, 0.5) is 23.7 Å². The van der Waals surface area contributed by atoms with Gasteiger partial charge in [-0.15, -0.1) is 0 Å². The van der Waals surface area contributed by atoms with Crippen LogP contribution in [0.3, 0.4) is 0 Å². The topological polar surface area (TPSA) is 32.8 Å². The Morgan fingerprint density at radius 3 is 2.70 bits per heavy atom. The maximum atomic E-state index is 12.9. The summed E-state index contributed by atoms with van der Waals surface area (Å²) in [6.07, 6.45) is -2.04. The van der Waals surface area contributed by atoms with Crippen molar-refractivity contribution in [1.82, 2.24) is 4.90 Å². The Bertz CT molecular complexity index is 599. The number of urea groups is 1. The van der Waals surface area contributed by atoms with Crippen LogP contribution in [0.25, 0.3) is 0 Å². The van der Waals surface area contributed by atoms with Crippen molar-refractivity contribution in [2.24, 2.45) is 0 Å². The molecule has 0 aliphatic carbocycles. The van der Waals surface area contributed by atoms with Gasteiger partial charge in [-0.1, -0.05) is 13.0 Å². The van der Waals surface area contributed by atoms with Gasteiger partial charge in [0.2, 0.25) is 0 Å². The normalized spacial score (nSPS) is 19.2. The molecule has 1 aliphatic heterocycles. The van der Waals surface area contributed by atoms with E-state index in [4.69, 9.17) is 4.74 Å². The van der Waals surface area contributed by atoms with Gasteiger partial charge in [0.15, 0.2) is 0 Å². The minimum Gasteiger partial charge on any atom is -0.357 e. The number of allylic oxidation sites excluding steroid dienone is 1. The van der Waals surface area contributed by atoms with Crippen molar-refractivity contribution < 1.29 is 22.7 Å². The van der Waals surface area contributed by atoms with Crippen LogP contribution in [0.2, 0.25) is 0 Å². The average Bonchev–Trinajstić information content (AvgIpc) is 2.49. The van der Waals surface area contributed by atoms with Gasteiger partial charge < -0.3 is 9.64 Å². The van der Waals surface area contributed by atoms with Crippen LogP contribution in [-0.4, -0.2) is 30.8 Å². The van der Waals surface area contributed by atoms with Crippen molar-refractivity contribution in [2.75, 3.05) is 24.8 Å². The second kappa shape index (κ2) is 7.04. The van der Waals surface area contributed by atoms with Crippen molar-refractivity contribution >= 4 is 11.7 Å². The highest BCUT2D eigenvalue weighted by Gasteiger charge is 2.32. The molecule has 1 aromatic carbocycles. The molecule has 1 aliphatic rings. The number of rotatable bonds is 3. The molecular formula is C16H19F3N2O2. The van der Waals surface area contributed by atoms with E-state index in [9.17, 15) is 18.0 Å². The SMILES string of the molecule is CCCN1COC/C=C(/C)N(c2cccc(C(F)(F)F)c2)C1=O. The van der Waals surface area contributed by atoms with Crippen molar-refractivity contribution in [2.45, 2.75) is 26.4 Å². The monoisotopic (exact) mass is 328 g/mol. The first kappa shape index (κ1) is 17.3. The van der Waals surface area contributed by atoms with Crippen LogP contribution in [-0.2, 0) is 10.9 Å². The molecule has 0 radical (unpaired) electrons. The van der Waals surface area contributed by atoms with Crippen molar-refractivity contribution in [3.8, 4) is 0 Å². The smallest absolute Gasteiger partial charge is 0.357 e. The Morgan fingerprint density at radius 1 is 1.30 bits per heavy atom. The second-order valence-corrected chi connectivity index (χ2v) is 5.27. The summed E-state index contributed by atoms with van der Waals surface area (Å²) in [6, 6.07) is 4.39. The summed E-state index contributed by atoms with van der Waals surface area (Å²) < 4.78 is 44.1. The molecule has 1 aromatic rings. The minimum atomic E-state index is -4.45. The van der Waals surface area contributed by atoms with Gasteiger partial charge in [0.1, 0.15) is 6.73 Å². The van der Waals surface area contributed by atoms with Crippen LogP contribution >= 0.6 is 0 Å². The standard InChI is InChI=1S/C16H19F3N2O2/c1-3-8-20-11-23-9-7-12(2)21(15(20)22)14-6-4-5-13(10-14)16(17,18)19/h4-7,10H,3,8-9,11H2,1-2H3/b12-7-. The lowest BCUT2D eigenvalue weighted by Crippen LogP contribution is -2.45. The second-order valence-electron chi connectivity index (χ2n) is 5.27. The third-order valence-corrected chi connectivity index (χ3v) is 3.48. The minimum absolute atomic E-state index is 0.117. The molecule has 0 aromatic heterocycles. The molecule has 126 valence electrons. The molecule has 23 heavy (non-hydrogen) atoms. The summed E-state index contributed by atoms with van der Waals surface area (Å²) in [7, 11) is 0. The van der Waals surface area contributed by atoms with Gasteiger partial charge in [0.25, 0.3) is 0 Å². The fourth-order valence-corrected chi connectivity index (χ4v) is 2.35. The van der Waals surface area contributed by atoms with Gasteiger partial charge in [-0.25, -0.2) is 4.79 Å². The van der Waals surface area contributed by atoms with Gasteiger partial charge in [0, 0.05) is 12.2 Å². The maximum absolute atomic E-state index is 12.9. The molecule has 0 unspecified atom stereocenters. The van der Waals surface area contributed by atoms with Crippen LogP contribution in [0.15, 0.2) is 36.0 Å². The third-order valence-electron chi connectivity index (χ3n) is 3.48. The Kier molecular flexibility index (Phi) is 5.30. The Morgan fingerprint density at radius 2 is 2.04 bits per heavy atom. The molecule has 0 N–H and O–H groups in total. The van der Waals surface area contributed by atoms with Crippen LogP contribution in [0, 0.1) is 0 Å². The number of alkyl halides is 3. The van der Waals surface area contributed by atoms with Gasteiger partial charge >= 0.3 is 12.2 Å². The van der Waals surface area contributed by atoms with E-state index in [0.29, 0.717) is 18.8 Å². The lowest BCUT2D eigenvalue weighted by molar-refractivity contribution is -0.137. The summed E-state index contributed by atoms with van der Waals surface area (Å²) >= 11 is 0. The molecule has 0 spiro atoms. The first-order valence-corrected chi connectivity index (χ1v) is 7.35. The number of carbonyl (C=O) groups is 1. The number of hydrogen-bond acceptors (Lipinski definition) is 2. The van der Waals surface area contributed by atoms with Gasteiger partial charge in [-0.05, 0) is 37.6 Å². The van der Waals surface area contributed by atoms with E-state index < -0.39 is 11.7 Å². The number of ether oxygens (including phenoxy) is 1. The first-order valence-electron chi connectivity index (χ1n) is 7.35. The van der Waals surface area contributed by atoms with E-state index in [-0.39, 0.29) is 18.4 Å². The van der Waals surface area contributed by atoms with Crippen molar-refractivity contribution in [1.29, 1.82) is 0 Å². The largest absolute Gasteiger partial charge is 0.416 e. The van der Waals surface area contributed by atoms with E-state index in [0.717, 1.165) is 18.6 Å². The van der Waals surface area contributed by atoms with E-state index in [1.54, 1.807) is 13.0 Å². The number of nitrogens with zero attached hydrogens (tertiary/aromatic N) is 2. The predicted octanol–water partition coefficient (Wildman–Crippen LogP) is 4.24. The molecule has 1 heterocycles. The molecule has 2 amide bonds. The summed E-state index contributed by atoms with van der Waals surface area (Å²) in [5, 5.41) is 0. The maximum Gasteiger partial charge on any atom is 0.416 e. The molecule has 0 saturated heterocycles. The summed E-state index contributed by atoms with van der Waals surface area (Å²) in [5.74, 6) is 0. The van der Waals surface area contributed by atoms with E-state index in [2.05, 4.69) is 0 Å². The molecule has 2 rings (SSSR count). The number of carbonyl (C=O) groups excluding carboxylic acids is 1. The van der Waals surface area contributed by atoms with E-state index in [1.807, 2.05) is 6.92 Å². The molecule has 7 heteroatoms. The highest BCUT2D eigenvalue weighted by atomic mass is 19.4. The molecular weight excluding hydrogens is 309 g/mol.